The lowest BCUT2D eigenvalue weighted by Gasteiger charge is -2.22. The van der Waals surface area contributed by atoms with Gasteiger partial charge in [0.1, 0.15) is 16.7 Å². The van der Waals surface area contributed by atoms with Crippen molar-refractivity contribution in [3.05, 3.63) is 71.0 Å². The highest BCUT2D eigenvalue weighted by Crippen LogP contribution is 2.28. The fourth-order valence-electron chi connectivity index (χ4n) is 3.17. The van der Waals surface area contributed by atoms with Gasteiger partial charge in [-0.05, 0) is 32.9 Å². The monoisotopic (exact) mass is 432 g/mol. The molecule has 0 radical (unpaired) electrons. The number of para-hydroxylation sites is 1. The van der Waals surface area contributed by atoms with Crippen LogP contribution in [0.2, 0.25) is 0 Å². The van der Waals surface area contributed by atoms with Crippen LogP contribution in [0.5, 0.6) is 6.01 Å². The molecule has 0 aliphatic carbocycles. The molecule has 0 saturated heterocycles. The van der Waals surface area contributed by atoms with E-state index in [9.17, 15) is 9.59 Å². The molecule has 0 saturated carbocycles. The molecule has 0 amide bonds. The summed E-state index contributed by atoms with van der Waals surface area (Å²) < 4.78 is 8.33. The van der Waals surface area contributed by atoms with Gasteiger partial charge in [-0.3, -0.25) is 4.79 Å². The Morgan fingerprint density at radius 2 is 1.62 bits per heavy atom. The van der Waals surface area contributed by atoms with Gasteiger partial charge >= 0.3 is 17.5 Å². The lowest BCUT2D eigenvalue weighted by Crippen LogP contribution is -2.36. The first-order valence-electron chi connectivity index (χ1n) is 10.4. The predicted octanol–water partition coefficient (Wildman–Crippen LogP) is 3.79. The molecule has 0 unspecified atom stereocenters. The molecule has 2 heterocycles. The molecule has 4 rings (SSSR count). The summed E-state index contributed by atoms with van der Waals surface area (Å²) in [6, 6.07) is 18.6. The minimum Gasteiger partial charge on any atom is -0.457 e. The molecule has 8 nitrogen and oxygen atoms in total. The van der Waals surface area contributed by atoms with Gasteiger partial charge in [-0.25, -0.2) is 9.48 Å². The van der Waals surface area contributed by atoms with E-state index in [0.29, 0.717) is 11.3 Å². The third-order valence-corrected chi connectivity index (χ3v) is 4.56. The molecule has 8 heteroatoms. The maximum atomic E-state index is 13.6. The summed E-state index contributed by atoms with van der Waals surface area (Å²) in [6.07, 6.45) is 0.0915. The van der Waals surface area contributed by atoms with Crippen LogP contribution in [0.15, 0.2) is 65.5 Å². The van der Waals surface area contributed by atoms with Gasteiger partial charge in [-0.15, -0.1) is 0 Å². The number of hydrogen-bond donors (Lipinski definition) is 0. The van der Waals surface area contributed by atoms with Gasteiger partial charge in [0.15, 0.2) is 5.65 Å². The van der Waals surface area contributed by atoms with Gasteiger partial charge in [-0.1, -0.05) is 60.2 Å². The molecule has 0 fully saturated rings. The summed E-state index contributed by atoms with van der Waals surface area (Å²) in [5.74, 6) is -0.580. The maximum Gasteiger partial charge on any atom is 0.337 e. The number of carbonyl (C=O) groups excluding carboxylic acids is 1. The largest absolute Gasteiger partial charge is 0.457 e. The topological polar surface area (TPSA) is 88.2 Å². The van der Waals surface area contributed by atoms with Crippen LogP contribution in [0.3, 0.4) is 0 Å². The van der Waals surface area contributed by atoms with Gasteiger partial charge < -0.3 is 9.57 Å². The van der Waals surface area contributed by atoms with Crippen LogP contribution in [0.25, 0.3) is 28.0 Å². The third-order valence-electron chi connectivity index (χ3n) is 4.56. The Morgan fingerprint density at radius 1 is 1.00 bits per heavy atom. The molecule has 0 aliphatic rings. The fraction of sp³-hybridized carbons (Fsp3) is 0.250. The summed E-state index contributed by atoms with van der Waals surface area (Å²) in [5.41, 5.74) is 0.958. The number of benzene rings is 2. The average molecular weight is 432 g/mol. The second kappa shape index (κ2) is 8.30. The normalized spacial score (nSPS) is 11.5. The first-order valence-corrected chi connectivity index (χ1v) is 10.4. The standard InChI is InChI=1S/C24H24N4O4/c1-5-18(29)32-28-22(30)19-20(16-12-8-6-9-13-16)26-27(17-14-10-7-11-15-17)21(19)25-23(28)31-24(2,3)4/h6-15H,5H2,1-4H3. The molecule has 0 N–H and O–H groups in total. The molecule has 4 aromatic rings. The number of nitrogens with zero attached hydrogens (tertiary/aromatic N) is 4. The van der Waals surface area contributed by atoms with Crippen molar-refractivity contribution in [3.8, 4) is 23.0 Å². The predicted molar refractivity (Wildman–Crippen MR) is 121 cm³/mol. The van der Waals surface area contributed by atoms with Crippen molar-refractivity contribution < 1.29 is 14.4 Å². The zero-order chi connectivity index (χ0) is 22.9. The van der Waals surface area contributed by atoms with Crippen LogP contribution in [0.1, 0.15) is 34.1 Å². The number of hydrogen-bond acceptors (Lipinski definition) is 6. The van der Waals surface area contributed by atoms with Crippen molar-refractivity contribution in [2.24, 2.45) is 0 Å². The minimum absolute atomic E-state index is 0.0915. The van der Waals surface area contributed by atoms with Crippen LogP contribution in [0, 0.1) is 0 Å². The van der Waals surface area contributed by atoms with Gasteiger partial charge in [-0.2, -0.15) is 10.1 Å². The SMILES string of the molecule is CCC(=O)On1c(OC(C)(C)C)nc2c(c(-c3ccccc3)nn2-c2ccccc2)c1=O. The summed E-state index contributed by atoms with van der Waals surface area (Å²) >= 11 is 0. The molecule has 32 heavy (non-hydrogen) atoms. The molecule has 0 atom stereocenters. The first kappa shape index (κ1) is 21.3. The van der Waals surface area contributed by atoms with E-state index in [0.717, 1.165) is 16.0 Å². The highest BCUT2D eigenvalue weighted by atomic mass is 16.7. The summed E-state index contributed by atoms with van der Waals surface area (Å²) in [4.78, 5) is 35.6. The van der Waals surface area contributed by atoms with Gasteiger partial charge in [0.05, 0.1) is 5.69 Å². The molecule has 0 aliphatic heterocycles. The number of fused-ring (bicyclic) bond motifs is 1. The fourth-order valence-corrected chi connectivity index (χ4v) is 3.17. The van der Waals surface area contributed by atoms with Gasteiger partial charge in [0, 0.05) is 12.0 Å². The van der Waals surface area contributed by atoms with E-state index in [1.54, 1.807) is 11.6 Å². The minimum atomic E-state index is -0.687. The second-order valence-electron chi connectivity index (χ2n) is 8.19. The zero-order valence-corrected chi connectivity index (χ0v) is 18.4. The maximum absolute atomic E-state index is 13.6. The number of carbonyl (C=O) groups is 1. The van der Waals surface area contributed by atoms with Crippen molar-refractivity contribution in [1.82, 2.24) is 19.5 Å². The van der Waals surface area contributed by atoms with E-state index in [4.69, 9.17) is 14.7 Å². The van der Waals surface area contributed by atoms with E-state index in [1.807, 2.05) is 81.4 Å². The third kappa shape index (κ3) is 4.12. The quantitative estimate of drug-likeness (QED) is 0.477. The first-order chi connectivity index (χ1) is 15.3. The molecule has 0 spiro atoms. The van der Waals surface area contributed by atoms with E-state index in [-0.39, 0.29) is 17.8 Å². The number of ether oxygens (including phenoxy) is 1. The lowest BCUT2D eigenvalue weighted by molar-refractivity contribution is -0.145. The van der Waals surface area contributed by atoms with E-state index < -0.39 is 17.1 Å². The Morgan fingerprint density at radius 3 is 2.22 bits per heavy atom. The average Bonchev–Trinajstić information content (AvgIpc) is 3.16. The smallest absolute Gasteiger partial charge is 0.337 e. The van der Waals surface area contributed by atoms with Crippen LogP contribution in [-0.4, -0.2) is 31.1 Å². The zero-order valence-electron chi connectivity index (χ0n) is 18.4. The summed E-state index contributed by atoms with van der Waals surface area (Å²) in [6.45, 7) is 7.10. The molecule has 2 aromatic heterocycles. The summed E-state index contributed by atoms with van der Waals surface area (Å²) in [5, 5.41) is 4.94. The molecule has 0 bridgehead atoms. The Bertz CT molecular complexity index is 1320. The number of aromatic nitrogens is 4. The van der Waals surface area contributed by atoms with E-state index >= 15 is 0 Å². The highest BCUT2D eigenvalue weighted by Gasteiger charge is 2.26. The van der Waals surface area contributed by atoms with Crippen LogP contribution in [0.4, 0.5) is 0 Å². The molecular formula is C24H24N4O4. The van der Waals surface area contributed by atoms with E-state index in [2.05, 4.69) is 4.98 Å². The van der Waals surface area contributed by atoms with Crippen LogP contribution >= 0.6 is 0 Å². The van der Waals surface area contributed by atoms with Crippen molar-refractivity contribution >= 4 is 17.0 Å². The Kier molecular flexibility index (Phi) is 5.52. The summed E-state index contributed by atoms with van der Waals surface area (Å²) in [7, 11) is 0. The van der Waals surface area contributed by atoms with E-state index in [1.165, 1.54) is 0 Å². The van der Waals surface area contributed by atoms with Crippen molar-refractivity contribution in [1.29, 1.82) is 0 Å². The van der Waals surface area contributed by atoms with Crippen LogP contribution < -0.4 is 15.1 Å². The molecule has 164 valence electrons. The molecular weight excluding hydrogens is 408 g/mol. The van der Waals surface area contributed by atoms with Crippen molar-refractivity contribution in [2.75, 3.05) is 0 Å². The Labute approximate surface area is 185 Å². The molecule has 2 aromatic carbocycles. The Hall–Kier alpha value is -3.94. The van der Waals surface area contributed by atoms with Crippen molar-refractivity contribution in [2.45, 2.75) is 39.7 Å². The van der Waals surface area contributed by atoms with Crippen molar-refractivity contribution in [3.63, 3.8) is 0 Å². The number of rotatable bonds is 5. The Balaban J connectivity index is 2.08. The highest BCUT2D eigenvalue weighted by molar-refractivity contribution is 5.91. The van der Waals surface area contributed by atoms with Gasteiger partial charge in [0.2, 0.25) is 0 Å². The lowest BCUT2D eigenvalue weighted by atomic mass is 10.1. The van der Waals surface area contributed by atoms with Gasteiger partial charge in [0.25, 0.3) is 0 Å². The second-order valence-corrected chi connectivity index (χ2v) is 8.19. The van der Waals surface area contributed by atoms with Crippen LogP contribution in [-0.2, 0) is 4.79 Å².